The SMILES string of the molecule is ISOCCCCc1ccccc1. The average Bonchev–Trinajstić information content (AvgIpc) is 2.19. The molecule has 0 bridgehead atoms. The predicted octanol–water partition coefficient (Wildman–Crippen LogP) is 4.02. The third kappa shape index (κ3) is 5.54. The Morgan fingerprint density at radius 3 is 2.62 bits per heavy atom. The molecule has 0 aromatic heterocycles. The fourth-order valence-corrected chi connectivity index (χ4v) is 1.89. The van der Waals surface area contributed by atoms with Crippen molar-refractivity contribution in [2.24, 2.45) is 0 Å². The summed E-state index contributed by atoms with van der Waals surface area (Å²) < 4.78 is 5.17. The van der Waals surface area contributed by atoms with Crippen LogP contribution in [0, 0.1) is 0 Å². The van der Waals surface area contributed by atoms with Gasteiger partial charge in [0.05, 0.1) is 15.8 Å². The molecule has 0 atom stereocenters. The summed E-state index contributed by atoms with van der Waals surface area (Å²) in [7, 11) is 1.42. The smallest absolute Gasteiger partial charge is 0.0650 e. The molecule has 3 heteroatoms. The van der Waals surface area contributed by atoms with E-state index in [0.717, 1.165) is 19.4 Å². The number of benzene rings is 1. The van der Waals surface area contributed by atoms with Gasteiger partial charge in [-0.1, -0.05) is 30.3 Å². The summed E-state index contributed by atoms with van der Waals surface area (Å²) in [4.78, 5) is 0. The number of hydrogen-bond acceptors (Lipinski definition) is 2. The van der Waals surface area contributed by atoms with E-state index in [1.54, 1.807) is 0 Å². The van der Waals surface area contributed by atoms with Crippen molar-refractivity contribution in [1.82, 2.24) is 0 Å². The second-order valence-corrected chi connectivity index (χ2v) is 4.27. The maximum Gasteiger partial charge on any atom is 0.0650 e. The second kappa shape index (κ2) is 7.64. The van der Waals surface area contributed by atoms with E-state index in [1.807, 2.05) is 0 Å². The molecule has 0 amide bonds. The molecule has 0 saturated carbocycles. The van der Waals surface area contributed by atoms with Crippen molar-refractivity contribution in [3.05, 3.63) is 35.9 Å². The zero-order chi connectivity index (χ0) is 9.36. The van der Waals surface area contributed by atoms with Crippen LogP contribution in [0.25, 0.3) is 0 Å². The lowest BCUT2D eigenvalue weighted by Gasteiger charge is -2.00. The summed E-state index contributed by atoms with van der Waals surface area (Å²) in [6.07, 6.45) is 3.52. The van der Waals surface area contributed by atoms with Gasteiger partial charge in [0.1, 0.15) is 0 Å². The number of hydrogen-bond donors (Lipinski definition) is 0. The molecule has 13 heavy (non-hydrogen) atoms. The van der Waals surface area contributed by atoms with Gasteiger partial charge in [-0.15, -0.1) is 0 Å². The maximum absolute atomic E-state index is 5.17. The average molecular weight is 308 g/mol. The van der Waals surface area contributed by atoms with Crippen LogP contribution >= 0.6 is 30.4 Å². The van der Waals surface area contributed by atoms with Gasteiger partial charge in [-0.25, -0.2) is 0 Å². The van der Waals surface area contributed by atoms with Gasteiger partial charge in [0.15, 0.2) is 0 Å². The Morgan fingerprint density at radius 1 is 1.15 bits per heavy atom. The molecule has 0 aliphatic carbocycles. The zero-order valence-corrected chi connectivity index (χ0v) is 10.4. The Hall–Kier alpha value is 0.260. The van der Waals surface area contributed by atoms with Crippen molar-refractivity contribution < 1.29 is 4.18 Å². The number of rotatable bonds is 6. The maximum atomic E-state index is 5.17. The van der Waals surface area contributed by atoms with Gasteiger partial charge in [0.2, 0.25) is 0 Å². The Kier molecular flexibility index (Phi) is 6.67. The van der Waals surface area contributed by atoms with Gasteiger partial charge >= 0.3 is 0 Å². The van der Waals surface area contributed by atoms with Crippen LogP contribution in [0.15, 0.2) is 30.3 Å². The molecule has 1 aromatic rings. The van der Waals surface area contributed by atoms with Crippen LogP contribution in [0.5, 0.6) is 0 Å². The molecule has 1 nitrogen and oxygen atoms in total. The van der Waals surface area contributed by atoms with Crippen molar-refractivity contribution in [3.8, 4) is 0 Å². The first-order valence-electron chi connectivity index (χ1n) is 4.37. The predicted molar refractivity (Wildman–Crippen MR) is 66.9 cm³/mol. The van der Waals surface area contributed by atoms with Gasteiger partial charge in [0.25, 0.3) is 0 Å². The topological polar surface area (TPSA) is 9.23 Å². The van der Waals surface area contributed by atoms with E-state index in [1.165, 1.54) is 21.2 Å². The highest BCUT2D eigenvalue weighted by molar-refractivity contribution is 14.2. The molecule has 0 N–H and O–H groups in total. The van der Waals surface area contributed by atoms with E-state index in [-0.39, 0.29) is 0 Å². The third-order valence-electron chi connectivity index (χ3n) is 1.83. The quantitative estimate of drug-likeness (QED) is 0.446. The molecular weight excluding hydrogens is 295 g/mol. The van der Waals surface area contributed by atoms with Gasteiger partial charge in [0, 0.05) is 21.2 Å². The summed E-state index contributed by atoms with van der Waals surface area (Å²) in [5.41, 5.74) is 1.42. The molecule has 0 fully saturated rings. The lowest BCUT2D eigenvalue weighted by atomic mass is 10.1. The van der Waals surface area contributed by atoms with Crippen molar-refractivity contribution >= 4 is 30.4 Å². The highest BCUT2D eigenvalue weighted by Gasteiger charge is 1.92. The second-order valence-electron chi connectivity index (χ2n) is 2.83. The van der Waals surface area contributed by atoms with Crippen LogP contribution < -0.4 is 0 Å². The van der Waals surface area contributed by atoms with E-state index < -0.39 is 0 Å². The minimum atomic E-state index is 0.862. The zero-order valence-electron chi connectivity index (χ0n) is 7.41. The lowest BCUT2D eigenvalue weighted by Crippen LogP contribution is -1.89. The standard InChI is InChI=1S/C10H13IOS/c11-13-12-9-5-4-8-10-6-2-1-3-7-10/h1-3,6-7H,4-5,8-9H2. The molecule has 0 unspecified atom stereocenters. The van der Waals surface area contributed by atoms with Gasteiger partial charge in [-0.2, -0.15) is 0 Å². The highest BCUT2D eigenvalue weighted by Crippen LogP contribution is 2.13. The number of aryl methyl sites for hydroxylation is 1. The lowest BCUT2D eigenvalue weighted by molar-refractivity contribution is 0.365. The first-order valence-corrected chi connectivity index (χ1v) is 7.66. The molecule has 0 aliphatic rings. The molecule has 1 aromatic carbocycles. The normalized spacial score (nSPS) is 10.2. The van der Waals surface area contributed by atoms with Crippen LogP contribution in [0.3, 0.4) is 0 Å². The Balaban J connectivity index is 2.07. The monoisotopic (exact) mass is 308 g/mol. The van der Waals surface area contributed by atoms with E-state index >= 15 is 0 Å². The van der Waals surface area contributed by atoms with Crippen LogP contribution in [0.2, 0.25) is 0 Å². The molecule has 0 saturated heterocycles. The van der Waals surface area contributed by atoms with Gasteiger partial charge < -0.3 is 4.18 Å². The summed E-state index contributed by atoms with van der Waals surface area (Å²) in [5, 5.41) is 0. The van der Waals surface area contributed by atoms with Crippen molar-refractivity contribution in [2.45, 2.75) is 19.3 Å². The van der Waals surface area contributed by atoms with E-state index in [0.29, 0.717) is 0 Å². The van der Waals surface area contributed by atoms with Crippen LogP contribution in [-0.4, -0.2) is 6.61 Å². The van der Waals surface area contributed by atoms with Crippen LogP contribution in [0.1, 0.15) is 18.4 Å². The first kappa shape index (κ1) is 11.3. The third-order valence-corrected chi connectivity index (χ3v) is 2.85. The first-order chi connectivity index (χ1) is 6.43. The summed E-state index contributed by atoms with van der Waals surface area (Å²) in [6.45, 7) is 0.862. The summed E-state index contributed by atoms with van der Waals surface area (Å²) in [6, 6.07) is 10.6. The van der Waals surface area contributed by atoms with E-state index in [9.17, 15) is 0 Å². The van der Waals surface area contributed by atoms with Gasteiger partial charge in [-0.3, -0.25) is 0 Å². The minimum Gasteiger partial charge on any atom is -0.305 e. The van der Waals surface area contributed by atoms with Gasteiger partial charge in [-0.05, 0) is 24.8 Å². The van der Waals surface area contributed by atoms with Crippen LogP contribution in [0.4, 0.5) is 0 Å². The van der Waals surface area contributed by atoms with Crippen molar-refractivity contribution in [2.75, 3.05) is 6.61 Å². The molecule has 1 rings (SSSR count). The largest absolute Gasteiger partial charge is 0.305 e. The fraction of sp³-hybridized carbons (Fsp3) is 0.400. The minimum absolute atomic E-state index is 0.862. The number of unbranched alkanes of at least 4 members (excludes halogenated alkanes) is 1. The van der Waals surface area contributed by atoms with Crippen LogP contribution in [-0.2, 0) is 10.6 Å². The highest BCUT2D eigenvalue weighted by atomic mass is 127. The molecule has 0 aliphatic heterocycles. The fourth-order valence-electron chi connectivity index (χ4n) is 1.17. The Bertz CT molecular complexity index is 215. The molecule has 0 spiro atoms. The van der Waals surface area contributed by atoms with E-state index in [4.69, 9.17) is 4.18 Å². The Morgan fingerprint density at radius 2 is 1.92 bits per heavy atom. The summed E-state index contributed by atoms with van der Waals surface area (Å²) >= 11 is 2.15. The molecule has 0 heterocycles. The molecular formula is C10H13IOS. The summed E-state index contributed by atoms with van der Waals surface area (Å²) in [5.74, 6) is 0. The Labute approximate surface area is 96.0 Å². The van der Waals surface area contributed by atoms with Crippen molar-refractivity contribution in [1.29, 1.82) is 0 Å². The number of halogens is 1. The van der Waals surface area contributed by atoms with Crippen molar-refractivity contribution in [3.63, 3.8) is 0 Å². The van der Waals surface area contributed by atoms with E-state index in [2.05, 4.69) is 51.5 Å². The molecule has 72 valence electrons. The molecule has 0 radical (unpaired) electrons.